The Labute approximate surface area is 290 Å². The van der Waals surface area contributed by atoms with E-state index in [1.165, 1.54) is 43.8 Å². The van der Waals surface area contributed by atoms with E-state index >= 15 is 4.57 Å². The predicted octanol–water partition coefficient (Wildman–Crippen LogP) is 10.6. The van der Waals surface area contributed by atoms with Crippen molar-refractivity contribution < 1.29 is 4.57 Å². The number of fused-ring (bicyclic) bond motifs is 4. The lowest BCUT2D eigenvalue weighted by molar-refractivity contribution is 0.592. The topological polar surface area (TPSA) is 34.9 Å². The number of imidazole rings is 1. The van der Waals surface area contributed by atoms with Crippen LogP contribution in [0.25, 0.3) is 71.6 Å². The van der Waals surface area contributed by atoms with Gasteiger partial charge >= 0.3 is 0 Å². The Morgan fingerprint density at radius 1 is 0.480 bits per heavy atom. The van der Waals surface area contributed by atoms with Gasteiger partial charge in [-0.15, -0.1) is 0 Å². The summed E-state index contributed by atoms with van der Waals surface area (Å²) in [7, 11) is -3.24. The normalized spacial score (nSPS) is 15.1. The van der Waals surface area contributed by atoms with Crippen molar-refractivity contribution in [3.63, 3.8) is 0 Å². The van der Waals surface area contributed by atoms with E-state index in [4.69, 9.17) is 4.98 Å². The predicted molar refractivity (Wildman–Crippen MR) is 210 cm³/mol. The maximum absolute atomic E-state index is 15.8. The second-order valence-electron chi connectivity index (χ2n) is 13.1. The maximum atomic E-state index is 15.8. The van der Waals surface area contributed by atoms with Crippen LogP contribution >= 0.6 is 7.14 Å². The second kappa shape index (κ2) is 11.0. The Morgan fingerprint density at radius 2 is 1.04 bits per heavy atom. The summed E-state index contributed by atoms with van der Waals surface area (Å²) in [5.74, 6) is 0.888. The third-order valence-electron chi connectivity index (χ3n) is 10.3. The van der Waals surface area contributed by atoms with Gasteiger partial charge in [0.1, 0.15) is 5.82 Å². The van der Waals surface area contributed by atoms with Crippen LogP contribution in [0.3, 0.4) is 0 Å². The molecule has 1 aliphatic heterocycles. The van der Waals surface area contributed by atoms with Crippen LogP contribution in [0.5, 0.6) is 0 Å². The second-order valence-corrected chi connectivity index (χ2v) is 15.8. The van der Waals surface area contributed by atoms with Gasteiger partial charge in [0.05, 0.1) is 16.7 Å². The Hall–Kier alpha value is -6.02. The number of hydrogen-bond donors (Lipinski definition) is 0. The lowest BCUT2D eigenvalue weighted by Crippen LogP contribution is -2.33. The zero-order valence-electron chi connectivity index (χ0n) is 27.4. The Bertz CT molecular complexity index is 2840. The highest BCUT2D eigenvalue weighted by Gasteiger charge is 2.39. The zero-order valence-corrected chi connectivity index (χ0v) is 28.3. The number of benzene rings is 8. The molecule has 0 amide bonds. The van der Waals surface area contributed by atoms with Crippen LogP contribution in [-0.2, 0) is 4.57 Å². The Balaban J connectivity index is 1.28. The SMILES string of the molecule is Cc1nc2cccc3c2n1-c1ccc(-c2ccc4c(-c5ccccc5)c5ccccc5c(-c5ccccc5)c4c2)cc1P3(=O)c1ccccc1. The molecule has 0 spiro atoms. The average Bonchev–Trinajstić information content (AvgIpc) is 3.52. The van der Waals surface area contributed by atoms with E-state index in [1.54, 1.807) is 0 Å². The van der Waals surface area contributed by atoms with Crippen molar-refractivity contribution in [1.29, 1.82) is 0 Å². The minimum atomic E-state index is -3.24. The van der Waals surface area contributed by atoms with Crippen molar-refractivity contribution in [3.8, 4) is 39.1 Å². The van der Waals surface area contributed by atoms with E-state index in [0.29, 0.717) is 0 Å². The van der Waals surface area contributed by atoms with E-state index in [-0.39, 0.29) is 0 Å². The largest absolute Gasteiger partial charge is 0.308 e. The van der Waals surface area contributed by atoms with Crippen molar-refractivity contribution in [3.05, 3.63) is 176 Å². The van der Waals surface area contributed by atoms with Gasteiger partial charge in [-0.05, 0) is 92.2 Å². The molecule has 0 saturated carbocycles. The van der Waals surface area contributed by atoms with Crippen molar-refractivity contribution >= 4 is 55.6 Å². The minimum Gasteiger partial charge on any atom is -0.308 e. The molecule has 1 unspecified atom stereocenters. The molecule has 9 aromatic rings. The number of aromatic nitrogens is 2. The van der Waals surface area contributed by atoms with E-state index in [2.05, 4.69) is 126 Å². The van der Waals surface area contributed by atoms with Crippen molar-refractivity contribution in [2.45, 2.75) is 6.92 Å². The third kappa shape index (κ3) is 4.11. The fourth-order valence-electron chi connectivity index (χ4n) is 8.15. The number of rotatable bonds is 4. The fourth-order valence-corrected chi connectivity index (χ4v) is 11.2. The van der Waals surface area contributed by atoms with Crippen molar-refractivity contribution in [2.24, 2.45) is 0 Å². The Kier molecular flexibility index (Phi) is 6.37. The van der Waals surface area contributed by atoms with Crippen LogP contribution in [0.15, 0.2) is 170 Å². The number of aryl methyl sites for hydroxylation is 1. The number of para-hydroxylation sites is 1. The minimum absolute atomic E-state index is 0.833. The van der Waals surface area contributed by atoms with Gasteiger partial charge < -0.3 is 4.57 Å². The van der Waals surface area contributed by atoms with Gasteiger partial charge in [-0.3, -0.25) is 4.57 Å². The molecule has 0 radical (unpaired) electrons. The molecule has 3 nitrogen and oxygen atoms in total. The summed E-state index contributed by atoms with van der Waals surface area (Å²) in [6.45, 7) is 2.03. The summed E-state index contributed by atoms with van der Waals surface area (Å²) >= 11 is 0. The van der Waals surface area contributed by atoms with E-state index in [9.17, 15) is 0 Å². The highest BCUT2D eigenvalue weighted by molar-refractivity contribution is 7.86. The quantitative estimate of drug-likeness (QED) is 0.139. The van der Waals surface area contributed by atoms with E-state index < -0.39 is 7.14 Å². The smallest absolute Gasteiger partial charge is 0.175 e. The standard InChI is InChI=1S/C46H31N2OP/c1-30-47-40-22-13-23-42-46(40)48(30)41-27-25-34(29-43(41)50(42,49)35-18-9-4-10-19-35)33-24-26-38-39(28-33)45(32-16-7-3-8-17-32)37-21-12-11-20-36(37)44(38)31-14-5-2-6-15-31/h2-29H,1H3. The lowest BCUT2D eigenvalue weighted by atomic mass is 9.85. The molecular formula is C46H31N2OP. The molecule has 8 aromatic carbocycles. The van der Waals surface area contributed by atoms with Crippen LogP contribution in [0, 0.1) is 6.92 Å². The maximum Gasteiger partial charge on any atom is 0.175 e. The summed E-state index contributed by atoms with van der Waals surface area (Å²) in [6.07, 6.45) is 0. The molecule has 10 rings (SSSR count). The summed E-state index contributed by atoms with van der Waals surface area (Å²) in [5.41, 5.74) is 9.68. The van der Waals surface area contributed by atoms with Crippen LogP contribution in [0.2, 0.25) is 0 Å². The first-order valence-corrected chi connectivity index (χ1v) is 18.7. The molecule has 1 aromatic heterocycles. The molecule has 1 aliphatic rings. The van der Waals surface area contributed by atoms with Gasteiger partial charge in [-0.2, -0.15) is 0 Å². The molecule has 0 fully saturated rings. The number of hydrogen-bond acceptors (Lipinski definition) is 2. The molecule has 1 atom stereocenters. The van der Waals surface area contributed by atoms with Gasteiger partial charge in [-0.1, -0.05) is 140 Å². The first-order chi connectivity index (χ1) is 24.6. The lowest BCUT2D eigenvalue weighted by Gasteiger charge is -2.29. The summed E-state index contributed by atoms with van der Waals surface area (Å²) in [5, 5.41) is 7.36. The summed E-state index contributed by atoms with van der Waals surface area (Å²) < 4.78 is 18.0. The third-order valence-corrected chi connectivity index (χ3v) is 13.4. The van der Waals surface area contributed by atoms with Crippen LogP contribution in [-0.4, -0.2) is 9.55 Å². The van der Waals surface area contributed by atoms with Gasteiger partial charge in [0.15, 0.2) is 7.14 Å². The van der Waals surface area contributed by atoms with Crippen LogP contribution in [0.1, 0.15) is 5.82 Å². The highest BCUT2D eigenvalue weighted by Crippen LogP contribution is 2.50. The van der Waals surface area contributed by atoms with Gasteiger partial charge in [0.2, 0.25) is 0 Å². The molecule has 236 valence electrons. The van der Waals surface area contributed by atoms with Crippen LogP contribution in [0.4, 0.5) is 0 Å². The molecule has 4 heteroatoms. The van der Waals surface area contributed by atoms with Crippen molar-refractivity contribution in [2.75, 3.05) is 0 Å². The van der Waals surface area contributed by atoms with Crippen LogP contribution < -0.4 is 15.9 Å². The summed E-state index contributed by atoms with van der Waals surface area (Å²) in [4.78, 5) is 4.90. The van der Waals surface area contributed by atoms with Gasteiger partial charge in [0, 0.05) is 15.9 Å². The molecular weight excluding hydrogens is 627 g/mol. The van der Waals surface area contributed by atoms with Gasteiger partial charge in [-0.25, -0.2) is 4.98 Å². The number of nitrogens with zero attached hydrogens (tertiary/aromatic N) is 2. The van der Waals surface area contributed by atoms with Crippen molar-refractivity contribution in [1.82, 2.24) is 9.55 Å². The molecule has 0 aliphatic carbocycles. The van der Waals surface area contributed by atoms with E-state index in [1.807, 2.05) is 55.5 Å². The van der Waals surface area contributed by atoms with Gasteiger partial charge in [0.25, 0.3) is 0 Å². The molecule has 50 heavy (non-hydrogen) atoms. The summed E-state index contributed by atoms with van der Waals surface area (Å²) in [6, 6.07) is 59.5. The molecule has 0 N–H and O–H groups in total. The highest BCUT2D eigenvalue weighted by atomic mass is 31.2. The molecule has 2 heterocycles. The monoisotopic (exact) mass is 658 g/mol. The Morgan fingerprint density at radius 3 is 1.72 bits per heavy atom. The average molecular weight is 659 g/mol. The molecule has 0 bridgehead atoms. The zero-order chi connectivity index (χ0) is 33.4. The first-order valence-electron chi connectivity index (χ1n) is 17.0. The fraction of sp³-hybridized carbons (Fsp3) is 0.0217. The molecule has 0 saturated heterocycles. The van der Waals surface area contributed by atoms with E-state index in [0.717, 1.165) is 49.6 Å². The first kappa shape index (κ1) is 28.9.